The van der Waals surface area contributed by atoms with Gasteiger partial charge in [-0.25, -0.2) is 0 Å². The van der Waals surface area contributed by atoms with Crippen LogP contribution in [0.2, 0.25) is 0 Å². The Bertz CT molecular complexity index is 675. The molecule has 3 aromatic rings. The molecule has 3 rings (SSSR count). The predicted molar refractivity (Wildman–Crippen MR) is 72.2 cm³/mol. The quantitative estimate of drug-likeness (QED) is 0.745. The maximum atomic E-state index is 5.76. The van der Waals surface area contributed by atoms with Crippen molar-refractivity contribution < 1.29 is 0 Å². The van der Waals surface area contributed by atoms with E-state index in [0.717, 1.165) is 16.5 Å². The molecule has 2 aromatic heterocycles. The number of nitrogens with two attached hydrogens (primary N) is 1. The molecule has 0 unspecified atom stereocenters. The van der Waals surface area contributed by atoms with Crippen LogP contribution in [-0.2, 0) is 6.54 Å². The van der Waals surface area contributed by atoms with Gasteiger partial charge in [-0.1, -0.05) is 18.2 Å². The lowest BCUT2D eigenvalue weighted by atomic mass is 10.1. The molecule has 0 atom stereocenters. The van der Waals surface area contributed by atoms with Gasteiger partial charge in [0.2, 0.25) is 0 Å². The van der Waals surface area contributed by atoms with Crippen molar-refractivity contribution in [1.29, 1.82) is 0 Å². The molecule has 0 aliphatic carbocycles. The van der Waals surface area contributed by atoms with E-state index in [2.05, 4.69) is 16.1 Å². The minimum atomic E-state index is 0.591. The first kappa shape index (κ1) is 10.8. The average Bonchev–Trinajstić information content (AvgIpc) is 2.69. The van der Waals surface area contributed by atoms with Gasteiger partial charge in [-0.3, -0.25) is 9.67 Å². The highest BCUT2D eigenvalue weighted by Gasteiger charge is 2.05. The van der Waals surface area contributed by atoms with Crippen molar-refractivity contribution in [2.75, 3.05) is 5.73 Å². The second-order valence-corrected chi connectivity index (χ2v) is 4.38. The van der Waals surface area contributed by atoms with Crippen molar-refractivity contribution in [3.8, 4) is 0 Å². The average molecular weight is 238 g/mol. The zero-order valence-electron chi connectivity index (χ0n) is 10.2. The number of aryl methyl sites for hydroxylation is 1. The Hall–Kier alpha value is -2.36. The van der Waals surface area contributed by atoms with Gasteiger partial charge in [-0.2, -0.15) is 5.10 Å². The molecule has 0 aliphatic heterocycles. The van der Waals surface area contributed by atoms with Gasteiger partial charge in [0, 0.05) is 23.3 Å². The van der Waals surface area contributed by atoms with E-state index in [1.165, 1.54) is 5.56 Å². The Morgan fingerprint density at radius 2 is 2.06 bits per heavy atom. The van der Waals surface area contributed by atoms with Gasteiger partial charge in [0.25, 0.3) is 0 Å². The zero-order valence-corrected chi connectivity index (χ0v) is 10.2. The third-order valence-corrected chi connectivity index (χ3v) is 3.05. The summed E-state index contributed by atoms with van der Waals surface area (Å²) in [5, 5.41) is 5.45. The monoisotopic (exact) mass is 238 g/mol. The van der Waals surface area contributed by atoms with Gasteiger partial charge in [-0.15, -0.1) is 0 Å². The predicted octanol–water partition coefficient (Wildman–Crippen LogP) is 2.37. The molecule has 1 aromatic carbocycles. The van der Waals surface area contributed by atoms with Crippen LogP contribution in [0, 0.1) is 6.92 Å². The van der Waals surface area contributed by atoms with Crippen molar-refractivity contribution in [1.82, 2.24) is 14.8 Å². The van der Waals surface area contributed by atoms with Crippen LogP contribution >= 0.6 is 0 Å². The van der Waals surface area contributed by atoms with E-state index >= 15 is 0 Å². The standard InChI is InChI=1S/C14H14N4/c1-10-8-18(17-14(10)15)9-11-6-7-16-13-5-3-2-4-12(11)13/h2-8H,9H2,1H3,(H2,15,17). The number of anilines is 1. The number of rotatable bonds is 2. The van der Waals surface area contributed by atoms with Crippen molar-refractivity contribution in [3.05, 3.63) is 53.9 Å². The first-order valence-corrected chi connectivity index (χ1v) is 5.86. The van der Waals surface area contributed by atoms with Gasteiger partial charge in [0.05, 0.1) is 12.1 Å². The molecule has 0 amide bonds. The van der Waals surface area contributed by atoms with Crippen molar-refractivity contribution in [2.45, 2.75) is 13.5 Å². The number of benzene rings is 1. The first-order chi connectivity index (χ1) is 8.74. The summed E-state index contributed by atoms with van der Waals surface area (Å²) in [5.74, 6) is 0.591. The van der Waals surface area contributed by atoms with Gasteiger partial charge in [-0.05, 0) is 24.6 Å². The van der Waals surface area contributed by atoms with Crippen LogP contribution in [-0.4, -0.2) is 14.8 Å². The molecule has 4 heteroatoms. The number of pyridine rings is 1. The highest BCUT2D eigenvalue weighted by Crippen LogP contribution is 2.17. The lowest BCUT2D eigenvalue weighted by Crippen LogP contribution is -2.02. The Labute approximate surface area is 105 Å². The summed E-state index contributed by atoms with van der Waals surface area (Å²) in [4.78, 5) is 4.35. The normalized spacial score (nSPS) is 10.9. The lowest BCUT2D eigenvalue weighted by Gasteiger charge is -2.05. The summed E-state index contributed by atoms with van der Waals surface area (Å²) in [6.07, 6.45) is 3.79. The number of nitrogens with zero attached hydrogens (tertiary/aromatic N) is 3. The third kappa shape index (κ3) is 1.82. The molecule has 0 radical (unpaired) electrons. The van der Waals surface area contributed by atoms with Crippen LogP contribution in [0.3, 0.4) is 0 Å². The summed E-state index contributed by atoms with van der Waals surface area (Å²) in [7, 11) is 0. The largest absolute Gasteiger partial charge is 0.382 e. The fourth-order valence-electron chi connectivity index (χ4n) is 2.08. The SMILES string of the molecule is Cc1cn(Cc2ccnc3ccccc23)nc1N. The Kier molecular flexibility index (Phi) is 2.48. The molecule has 4 nitrogen and oxygen atoms in total. The van der Waals surface area contributed by atoms with Crippen LogP contribution in [0.25, 0.3) is 10.9 Å². The van der Waals surface area contributed by atoms with Gasteiger partial charge >= 0.3 is 0 Å². The molecule has 0 saturated heterocycles. The lowest BCUT2D eigenvalue weighted by molar-refractivity contribution is 0.692. The first-order valence-electron chi connectivity index (χ1n) is 5.86. The minimum Gasteiger partial charge on any atom is -0.382 e. The van der Waals surface area contributed by atoms with Crippen LogP contribution in [0.1, 0.15) is 11.1 Å². The minimum absolute atomic E-state index is 0.591. The topological polar surface area (TPSA) is 56.7 Å². The van der Waals surface area contributed by atoms with Gasteiger partial charge in [0.15, 0.2) is 0 Å². The molecular weight excluding hydrogens is 224 g/mol. The second kappa shape index (κ2) is 4.14. The summed E-state index contributed by atoms with van der Waals surface area (Å²) < 4.78 is 1.87. The Balaban J connectivity index is 2.04. The molecule has 0 bridgehead atoms. The van der Waals surface area contributed by atoms with E-state index in [0.29, 0.717) is 12.4 Å². The number of hydrogen-bond donors (Lipinski definition) is 1. The second-order valence-electron chi connectivity index (χ2n) is 4.38. The third-order valence-electron chi connectivity index (χ3n) is 3.05. The molecule has 2 heterocycles. The molecule has 0 aliphatic rings. The van der Waals surface area contributed by atoms with Crippen LogP contribution < -0.4 is 5.73 Å². The molecular formula is C14H14N4. The molecule has 2 N–H and O–H groups in total. The van der Waals surface area contributed by atoms with Crippen LogP contribution in [0.15, 0.2) is 42.7 Å². The van der Waals surface area contributed by atoms with Gasteiger partial charge in [0.1, 0.15) is 5.82 Å². The number of hydrogen-bond acceptors (Lipinski definition) is 3. The fourth-order valence-corrected chi connectivity index (χ4v) is 2.08. The van der Waals surface area contributed by atoms with E-state index in [9.17, 15) is 0 Å². The summed E-state index contributed by atoms with van der Waals surface area (Å²) in [5.41, 5.74) is 8.97. The number of fused-ring (bicyclic) bond motifs is 1. The number of aromatic nitrogens is 3. The smallest absolute Gasteiger partial charge is 0.148 e. The number of nitrogen functional groups attached to an aromatic ring is 1. The molecule has 0 saturated carbocycles. The summed E-state index contributed by atoms with van der Waals surface area (Å²) in [6.45, 7) is 2.67. The molecule has 90 valence electrons. The molecule has 18 heavy (non-hydrogen) atoms. The van der Waals surface area contributed by atoms with Crippen molar-refractivity contribution in [2.24, 2.45) is 0 Å². The van der Waals surface area contributed by atoms with E-state index in [1.54, 1.807) is 0 Å². The maximum Gasteiger partial charge on any atom is 0.148 e. The fraction of sp³-hybridized carbons (Fsp3) is 0.143. The maximum absolute atomic E-state index is 5.76. The summed E-state index contributed by atoms with van der Waals surface area (Å²) in [6, 6.07) is 10.1. The zero-order chi connectivity index (χ0) is 12.5. The van der Waals surface area contributed by atoms with Crippen LogP contribution in [0.5, 0.6) is 0 Å². The highest BCUT2D eigenvalue weighted by molar-refractivity contribution is 5.81. The van der Waals surface area contributed by atoms with E-state index in [4.69, 9.17) is 5.73 Å². The van der Waals surface area contributed by atoms with Gasteiger partial charge < -0.3 is 5.73 Å². The van der Waals surface area contributed by atoms with E-state index in [-0.39, 0.29) is 0 Å². The summed E-state index contributed by atoms with van der Waals surface area (Å²) >= 11 is 0. The van der Waals surface area contributed by atoms with Crippen molar-refractivity contribution in [3.63, 3.8) is 0 Å². The molecule has 0 spiro atoms. The van der Waals surface area contributed by atoms with E-state index in [1.807, 2.05) is 48.3 Å². The van der Waals surface area contributed by atoms with Crippen LogP contribution in [0.4, 0.5) is 5.82 Å². The highest BCUT2D eigenvalue weighted by atomic mass is 15.3. The Morgan fingerprint density at radius 3 is 2.83 bits per heavy atom. The Morgan fingerprint density at radius 1 is 1.22 bits per heavy atom. The molecule has 0 fully saturated rings. The number of para-hydroxylation sites is 1. The van der Waals surface area contributed by atoms with Crippen molar-refractivity contribution >= 4 is 16.7 Å². The van der Waals surface area contributed by atoms with E-state index < -0.39 is 0 Å².